The Morgan fingerprint density at radius 2 is 1.97 bits per heavy atom. The number of carbonyl (C=O) groups is 3. The molecular formula is C27H41N5O3. The van der Waals surface area contributed by atoms with Crippen molar-refractivity contribution < 1.29 is 14.4 Å². The van der Waals surface area contributed by atoms with Crippen LogP contribution in [0.2, 0.25) is 0 Å². The van der Waals surface area contributed by atoms with Crippen LogP contribution in [-0.4, -0.2) is 82.6 Å². The summed E-state index contributed by atoms with van der Waals surface area (Å²) in [6, 6.07) is -0.879. The Labute approximate surface area is 210 Å². The molecule has 8 heteroatoms. The van der Waals surface area contributed by atoms with Crippen LogP contribution in [0.25, 0.3) is 0 Å². The van der Waals surface area contributed by atoms with Gasteiger partial charge in [-0.3, -0.25) is 9.59 Å². The lowest BCUT2D eigenvalue weighted by atomic mass is 9.96. The van der Waals surface area contributed by atoms with Gasteiger partial charge in [-0.2, -0.15) is 5.01 Å². The van der Waals surface area contributed by atoms with E-state index in [9.17, 15) is 14.4 Å². The Bertz CT molecular complexity index is 903. The second-order valence-corrected chi connectivity index (χ2v) is 10.8. The molecule has 0 aromatic rings. The molecule has 1 unspecified atom stereocenters. The van der Waals surface area contributed by atoms with Crippen molar-refractivity contribution in [3.63, 3.8) is 0 Å². The number of nitrogens with zero attached hydrogens (tertiary/aromatic N) is 4. The summed E-state index contributed by atoms with van der Waals surface area (Å²) < 4.78 is 0. The molecule has 1 N–H and O–H groups in total. The van der Waals surface area contributed by atoms with Crippen LogP contribution in [0.4, 0.5) is 4.79 Å². The van der Waals surface area contributed by atoms with Crippen LogP contribution in [-0.2, 0) is 9.59 Å². The highest BCUT2D eigenvalue weighted by atomic mass is 16.2. The first-order valence-corrected chi connectivity index (χ1v) is 12.8. The Hall–Kier alpha value is -2.79. The molecule has 0 saturated carbocycles. The first kappa shape index (κ1) is 26.8. The first-order valence-electron chi connectivity index (χ1n) is 12.8. The van der Waals surface area contributed by atoms with Crippen molar-refractivity contribution in [2.24, 2.45) is 17.8 Å². The largest absolute Gasteiger partial charge is 0.337 e. The van der Waals surface area contributed by atoms with E-state index in [0.29, 0.717) is 31.3 Å². The van der Waals surface area contributed by atoms with Gasteiger partial charge < -0.3 is 15.1 Å². The number of fused-ring (bicyclic) bond motifs is 1. The number of terminal acetylenes is 1. The zero-order valence-corrected chi connectivity index (χ0v) is 21.9. The van der Waals surface area contributed by atoms with Crippen molar-refractivity contribution in [3.8, 4) is 12.3 Å². The number of hydrazine groups is 1. The van der Waals surface area contributed by atoms with E-state index in [1.54, 1.807) is 14.9 Å². The van der Waals surface area contributed by atoms with Crippen molar-refractivity contribution >= 4 is 17.8 Å². The summed E-state index contributed by atoms with van der Waals surface area (Å²) in [4.78, 5) is 43.8. The van der Waals surface area contributed by atoms with Crippen LogP contribution in [0.5, 0.6) is 0 Å². The molecule has 2 heterocycles. The molecule has 3 aliphatic rings. The van der Waals surface area contributed by atoms with Gasteiger partial charge >= 0.3 is 6.03 Å². The lowest BCUT2D eigenvalue weighted by molar-refractivity contribution is -0.189. The lowest BCUT2D eigenvalue weighted by Gasteiger charge is -2.55. The molecule has 4 amide bonds. The van der Waals surface area contributed by atoms with E-state index < -0.39 is 12.2 Å². The molecule has 0 radical (unpaired) electrons. The Morgan fingerprint density at radius 1 is 1.23 bits per heavy atom. The van der Waals surface area contributed by atoms with Crippen LogP contribution in [0.15, 0.2) is 23.8 Å². The molecular weight excluding hydrogens is 442 g/mol. The average Bonchev–Trinajstić information content (AvgIpc) is 2.78. The Balaban J connectivity index is 1.89. The van der Waals surface area contributed by atoms with E-state index in [2.05, 4.69) is 38.1 Å². The number of rotatable bonds is 8. The maximum atomic E-state index is 13.6. The van der Waals surface area contributed by atoms with Crippen molar-refractivity contribution in [1.29, 1.82) is 0 Å². The van der Waals surface area contributed by atoms with E-state index >= 15 is 0 Å². The molecule has 3 rings (SSSR count). The highest BCUT2D eigenvalue weighted by molar-refractivity contribution is 5.91. The van der Waals surface area contributed by atoms with E-state index in [1.807, 2.05) is 30.9 Å². The zero-order chi connectivity index (χ0) is 25.7. The number of amides is 4. The second-order valence-electron chi connectivity index (χ2n) is 10.8. The summed E-state index contributed by atoms with van der Waals surface area (Å²) in [6.07, 6.45) is 13.5. The molecule has 3 atom stereocenters. The van der Waals surface area contributed by atoms with Crippen molar-refractivity contribution in [3.05, 3.63) is 23.8 Å². The first-order chi connectivity index (χ1) is 16.6. The minimum Gasteiger partial charge on any atom is -0.337 e. The van der Waals surface area contributed by atoms with Gasteiger partial charge in [-0.1, -0.05) is 64.3 Å². The number of hydrogen-bond acceptors (Lipinski definition) is 4. The number of urea groups is 1. The van der Waals surface area contributed by atoms with Crippen molar-refractivity contribution in [1.82, 2.24) is 25.1 Å². The van der Waals surface area contributed by atoms with Crippen LogP contribution in [0.1, 0.15) is 53.9 Å². The molecule has 192 valence electrons. The Morgan fingerprint density at radius 3 is 2.60 bits per heavy atom. The van der Waals surface area contributed by atoms with E-state index in [4.69, 9.17) is 6.42 Å². The minimum atomic E-state index is -0.586. The topological polar surface area (TPSA) is 76.2 Å². The minimum absolute atomic E-state index is 0.0234. The predicted octanol–water partition coefficient (Wildman–Crippen LogP) is 2.84. The van der Waals surface area contributed by atoms with Crippen molar-refractivity contribution in [2.75, 3.05) is 32.7 Å². The third kappa shape index (κ3) is 6.46. The van der Waals surface area contributed by atoms with Gasteiger partial charge in [-0.25, -0.2) is 9.80 Å². The van der Waals surface area contributed by atoms with E-state index in [1.165, 1.54) is 0 Å². The molecule has 2 aliphatic heterocycles. The summed E-state index contributed by atoms with van der Waals surface area (Å²) in [5.41, 5.74) is 1.15. The maximum Gasteiger partial charge on any atom is 0.334 e. The maximum absolute atomic E-state index is 13.6. The predicted molar refractivity (Wildman–Crippen MR) is 137 cm³/mol. The van der Waals surface area contributed by atoms with E-state index in [-0.39, 0.29) is 43.4 Å². The summed E-state index contributed by atoms with van der Waals surface area (Å²) in [6.45, 7) is 11.9. The SMILES string of the molecule is C#CCN1CC(=O)N2[C@@H](CC(C)C)C(=O)N(CCC(C)C)C[C@@H]2N1C(=O)NCC1=CC=CC(C)C1. The van der Waals surface area contributed by atoms with Gasteiger partial charge in [-0.05, 0) is 37.0 Å². The smallest absolute Gasteiger partial charge is 0.334 e. The highest BCUT2D eigenvalue weighted by Gasteiger charge is 2.51. The highest BCUT2D eigenvalue weighted by Crippen LogP contribution is 2.29. The van der Waals surface area contributed by atoms with Gasteiger partial charge in [-0.15, -0.1) is 6.42 Å². The number of hydrogen-bond donors (Lipinski definition) is 1. The molecule has 0 aromatic carbocycles. The van der Waals surface area contributed by atoms with Gasteiger partial charge in [0, 0.05) is 13.1 Å². The zero-order valence-electron chi connectivity index (χ0n) is 21.9. The van der Waals surface area contributed by atoms with Gasteiger partial charge in [0.1, 0.15) is 12.2 Å². The van der Waals surface area contributed by atoms with Gasteiger partial charge in [0.2, 0.25) is 11.8 Å². The van der Waals surface area contributed by atoms with Crippen LogP contribution in [0.3, 0.4) is 0 Å². The average molecular weight is 484 g/mol. The summed E-state index contributed by atoms with van der Waals surface area (Å²) >= 11 is 0. The van der Waals surface area contributed by atoms with Crippen molar-refractivity contribution in [2.45, 2.75) is 66.1 Å². The molecule has 0 spiro atoms. The molecule has 8 nitrogen and oxygen atoms in total. The molecule has 2 fully saturated rings. The molecule has 1 aliphatic carbocycles. The quantitative estimate of drug-likeness (QED) is 0.539. The fraction of sp³-hybridized carbons (Fsp3) is 0.667. The third-order valence-electron chi connectivity index (χ3n) is 6.81. The third-order valence-corrected chi connectivity index (χ3v) is 6.81. The number of allylic oxidation sites excluding steroid dienone is 3. The number of carbonyl (C=O) groups excluding carboxylic acids is 3. The fourth-order valence-electron chi connectivity index (χ4n) is 5.06. The number of piperazine rings is 1. The summed E-state index contributed by atoms with van der Waals surface area (Å²) in [7, 11) is 0. The standard InChI is InChI=1S/C27H41N5O3/c1-7-12-30-18-25(33)31-23(14-20(4)5)26(34)29(13-11-19(2)3)17-24(31)32(30)27(35)28-16-22-10-8-9-21(6)15-22/h1,8-10,19-21,23-24H,11-18H2,2-6H3,(H,28,35)/t21?,23-,24-/m0/s1. The van der Waals surface area contributed by atoms with E-state index in [0.717, 1.165) is 18.4 Å². The van der Waals surface area contributed by atoms with Crippen LogP contribution < -0.4 is 5.32 Å². The monoisotopic (exact) mass is 483 g/mol. The normalized spacial score (nSPS) is 25.1. The fourth-order valence-corrected chi connectivity index (χ4v) is 5.06. The molecule has 2 saturated heterocycles. The van der Waals surface area contributed by atoms with Gasteiger partial charge in [0.05, 0.1) is 19.6 Å². The lowest BCUT2D eigenvalue weighted by Crippen LogP contribution is -2.76. The summed E-state index contributed by atoms with van der Waals surface area (Å²) in [5.74, 6) is 3.50. The van der Waals surface area contributed by atoms with Crippen LogP contribution >= 0.6 is 0 Å². The van der Waals surface area contributed by atoms with Gasteiger partial charge in [0.15, 0.2) is 0 Å². The number of nitrogens with one attached hydrogen (secondary N) is 1. The van der Waals surface area contributed by atoms with Crippen LogP contribution in [0, 0.1) is 30.1 Å². The Kier molecular flexibility index (Phi) is 9.01. The molecule has 0 bridgehead atoms. The molecule has 0 aromatic heterocycles. The summed E-state index contributed by atoms with van der Waals surface area (Å²) in [5, 5.41) is 6.27. The molecule has 35 heavy (non-hydrogen) atoms. The second kappa shape index (κ2) is 11.8. The van der Waals surface area contributed by atoms with Gasteiger partial charge in [0.25, 0.3) is 0 Å².